The van der Waals surface area contributed by atoms with E-state index < -0.39 is 0 Å². The Hall–Kier alpha value is -1.61. The van der Waals surface area contributed by atoms with Crippen LogP contribution >= 0.6 is 0 Å². The van der Waals surface area contributed by atoms with Crippen LogP contribution < -0.4 is 5.32 Å². The van der Waals surface area contributed by atoms with Gasteiger partial charge in [-0.2, -0.15) is 0 Å². The zero-order valence-corrected chi connectivity index (χ0v) is 13.3. The summed E-state index contributed by atoms with van der Waals surface area (Å²) in [7, 11) is 0. The monoisotopic (exact) mass is 289 g/mol. The molecule has 2 N–H and O–H groups in total. The second-order valence-electron chi connectivity index (χ2n) is 6.35. The molecule has 116 valence electrons. The van der Waals surface area contributed by atoms with Crippen molar-refractivity contribution >= 4 is 12.0 Å². The molecule has 0 spiro atoms. The van der Waals surface area contributed by atoms with Crippen LogP contribution in [0.4, 0.5) is 0 Å². The standard InChI is InChI=1S/C18H27NO2/c1-15(20)13-18(2,3)14-19-17(21)12-8-7-11-16-9-5-4-6-10-16/h4-7,9-11,15,20H,8,12-14H2,1-3H3,(H,19,21). The van der Waals surface area contributed by atoms with Gasteiger partial charge in [0.05, 0.1) is 6.10 Å². The first-order chi connectivity index (χ1) is 9.89. The van der Waals surface area contributed by atoms with Gasteiger partial charge in [-0.05, 0) is 30.7 Å². The highest BCUT2D eigenvalue weighted by Crippen LogP contribution is 2.21. The third-order valence-corrected chi connectivity index (χ3v) is 3.26. The lowest BCUT2D eigenvalue weighted by Gasteiger charge is -2.26. The van der Waals surface area contributed by atoms with Crippen LogP contribution in [0.1, 0.15) is 45.6 Å². The number of allylic oxidation sites excluding steroid dienone is 1. The Bertz CT molecular complexity index is 450. The van der Waals surface area contributed by atoms with Gasteiger partial charge in [0.25, 0.3) is 0 Å². The highest BCUT2D eigenvalue weighted by Gasteiger charge is 2.20. The van der Waals surface area contributed by atoms with Crippen LogP contribution in [0.5, 0.6) is 0 Å². The summed E-state index contributed by atoms with van der Waals surface area (Å²) in [6, 6.07) is 10.1. The van der Waals surface area contributed by atoms with Crippen molar-refractivity contribution < 1.29 is 9.90 Å². The Kier molecular flexibility index (Phi) is 7.17. The number of aliphatic hydroxyl groups excluding tert-OH is 1. The third-order valence-electron chi connectivity index (χ3n) is 3.26. The maximum Gasteiger partial charge on any atom is 0.220 e. The van der Waals surface area contributed by atoms with E-state index >= 15 is 0 Å². The molecule has 1 unspecified atom stereocenters. The van der Waals surface area contributed by atoms with Crippen LogP contribution in [0.3, 0.4) is 0 Å². The molecule has 1 aromatic rings. The summed E-state index contributed by atoms with van der Waals surface area (Å²) in [5, 5.41) is 12.4. The molecule has 21 heavy (non-hydrogen) atoms. The Balaban J connectivity index is 2.24. The third kappa shape index (κ3) is 8.30. The van der Waals surface area contributed by atoms with Crippen molar-refractivity contribution in [3.8, 4) is 0 Å². The molecule has 0 saturated heterocycles. The normalized spacial score (nSPS) is 13.3. The fourth-order valence-corrected chi connectivity index (χ4v) is 2.30. The molecule has 0 radical (unpaired) electrons. The summed E-state index contributed by atoms with van der Waals surface area (Å²) in [5.41, 5.74) is 1.07. The van der Waals surface area contributed by atoms with Gasteiger partial charge in [0.1, 0.15) is 0 Å². The van der Waals surface area contributed by atoms with E-state index in [1.165, 1.54) is 0 Å². The molecule has 0 aromatic heterocycles. The van der Waals surface area contributed by atoms with E-state index in [4.69, 9.17) is 0 Å². The number of nitrogens with one attached hydrogen (secondary N) is 1. The Morgan fingerprint density at radius 3 is 2.62 bits per heavy atom. The molecule has 3 nitrogen and oxygen atoms in total. The van der Waals surface area contributed by atoms with Crippen LogP contribution in [-0.2, 0) is 4.79 Å². The molecule has 1 aromatic carbocycles. The van der Waals surface area contributed by atoms with Crippen LogP contribution in [0, 0.1) is 5.41 Å². The maximum atomic E-state index is 11.8. The van der Waals surface area contributed by atoms with Crippen LogP contribution in [0.25, 0.3) is 6.08 Å². The van der Waals surface area contributed by atoms with Gasteiger partial charge >= 0.3 is 0 Å². The summed E-state index contributed by atoms with van der Waals surface area (Å²) in [4.78, 5) is 11.8. The van der Waals surface area contributed by atoms with Gasteiger partial charge in [0.15, 0.2) is 0 Å². The van der Waals surface area contributed by atoms with E-state index in [0.717, 1.165) is 12.0 Å². The van der Waals surface area contributed by atoms with Gasteiger partial charge < -0.3 is 10.4 Å². The van der Waals surface area contributed by atoms with Crippen molar-refractivity contribution in [2.24, 2.45) is 5.41 Å². The number of aliphatic hydroxyl groups is 1. The SMILES string of the molecule is CC(O)CC(C)(C)CNC(=O)CCC=Cc1ccccc1. The van der Waals surface area contributed by atoms with Crippen molar-refractivity contribution in [3.63, 3.8) is 0 Å². The first-order valence-electron chi connectivity index (χ1n) is 7.55. The Morgan fingerprint density at radius 1 is 1.33 bits per heavy atom. The predicted molar refractivity (Wildman–Crippen MR) is 87.8 cm³/mol. The second-order valence-corrected chi connectivity index (χ2v) is 6.35. The summed E-state index contributed by atoms with van der Waals surface area (Å²) >= 11 is 0. The van der Waals surface area contributed by atoms with Gasteiger partial charge in [-0.3, -0.25) is 4.79 Å². The number of carbonyl (C=O) groups is 1. The highest BCUT2D eigenvalue weighted by atomic mass is 16.3. The van der Waals surface area contributed by atoms with Crippen LogP contribution in [0.2, 0.25) is 0 Å². The fourth-order valence-electron chi connectivity index (χ4n) is 2.30. The van der Waals surface area contributed by atoms with Crippen molar-refractivity contribution in [2.45, 2.75) is 46.1 Å². The minimum atomic E-state index is -0.342. The fraction of sp³-hybridized carbons (Fsp3) is 0.500. The Morgan fingerprint density at radius 2 is 2.00 bits per heavy atom. The molecule has 0 fully saturated rings. The molecular weight excluding hydrogens is 262 g/mol. The number of benzene rings is 1. The molecule has 0 bridgehead atoms. The smallest absolute Gasteiger partial charge is 0.220 e. The zero-order valence-electron chi connectivity index (χ0n) is 13.3. The molecule has 0 aliphatic heterocycles. The molecule has 0 heterocycles. The maximum absolute atomic E-state index is 11.8. The summed E-state index contributed by atoms with van der Waals surface area (Å²) in [6.07, 6.45) is 5.62. The number of rotatable bonds is 8. The molecule has 0 aliphatic rings. The summed E-state index contributed by atoms with van der Waals surface area (Å²) < 4.78 is 0. The predicted octanol–water partition coefficient (Wildman–Crippen LogP) is 3.39. The van der Waals surface area contributed by atoms with E-state index in [9.17, 15) is 9.90 Å². The van der Waals surface area contributed by atoms with E-state index in [-0.39, 0.29) is 17.4 Å². The van der Waals surface area contributed by atoms with E-state index in [1.807, 2.05) is 42.5 Å². The largest absolute Gasteiger partial charge is 0.393 e. The molecule has 0 saturated carbocycles. The number of amides is 1. The molecule has 3 heteroatoms. The van der Waals surface area contributed by atoms with Gasteiger partial charge in [0.2, 0.25) is 5.91 Å². The first kappa shape index (κ1) is 17.4. The molecule has 1 amide bonds. The Labute approximate surface area is 128 Å². The lowest BCUT2D eigenvalue weighted by molar-refractivity contribution is -0.121. The van der Waals surface area contributed by atoms with Gasteiger partial charge in [0, 0.05) is 13.0 Å². The number of carbonyl (C=O) groups excluding carboxylic acids is 1. The van der Waals surface area contributed by atoms with E-state index in [1.54, 1.807) is 6.92 Å². The molecule has 1 rings (SSSR count). The van der Waals surface area contributed by atoms with Gasteiger partial charge in [-0.25, -0.2) is 0 Å². The molecule has 0 aliphatic carbocycles. The average molecular weight is 289 g/mol. The van der Waals surface area contributed by atoms with Crippen molar-refractivity contribution in [3.05, 3.63) is 42.0 Å². The average Bonchev–Trinajstić information content (AvgIpc) is 2.41. The molecule has 1 atom stereocenters. The van der Waals surface area contributed by atoms with Crippen LogP contribution in [-0.4, -0.2) is 23.7 Å². The summed E-state index contributed by atoms with van der Waals surface area (Å²) in [5.74, 6) is 0.0615. The highest BCUT2D eigenvalue weighted by molar-refractivity contribution is 5.76. The lowest BCUT2D eigenvalue weighted by Crippen LogP contribution is -2.35. The first-order valence-corrected chi connectivity index (χ1v) is 7.55. The van der Waals surface area contributed by atoms with Crippen molar-refractivity contribution in [1.82, 2.24) is 5.32 Å². The minimum Gasteiger partial charge on any atom is -0.393 e. The molecular formula is C18H27NO2. The van der Waals surface area contributed by atoms with E-state index in [0.29, 0.717) is 19.4 Å². The minimum absolute atomic E-state index is 0.0615. The van der Waals surface area contributed by atoms with Gasteiger partial charge in [-0.15, -0.1) is 0 Å². The number of hydrogen-bond acceptors (Lipinski definition) is 2. The zero-order chi connectivity index (χ0) is 15.7. The second kappa shape index (κ2) is 8.63. The van der Waals surface area contributed by atoms with E-state index in [2.05, 4.69) is 19.2 Å². The van der Waals surface area contributed by atoms with Gasteiger partial charge in [-0.1, -0.05) is 56.3 Å². The van der Waals surface area contributed by atoms with Crippen molar-refractivity contribution in [1.29, 1.82) is 0 Å². The topological polar surface area (TPSA) is 49.3 Å². The lowest BCUT2D eigenvalue weighted by atomic mass is 9.87. The quantitative estimate of drug-likeness (QED) is 0.770. The summed E-state index contributed by atoms with van der Waals surface area (Å²) in [6.45, 7) is 6.47. The van der Waals surface area contributed by atoms with Crippen LogP contribution in [0.15, 0.2) is 36.4 Å². The van der Waals surface area contributed by atoms with Crippen molar-refractivity contribution in [2.75, 3.05) is 6.54 Å². The number of hydrogen-bond donors (Lipinski definition) is 2.